The maximum Gasteiger partial charge on any atom is 0.408 e. The standard InChI is InChI=1S/C10H20NO4/c1-5-9(12)10(13)15-14-8-6-7-11(2,3)4/h5-8H2,1-4H3/q+1. The lowest BCUT2D eigenvalue weighted by atomic mass is 10.3. The molecule has 0 spiro atoms. The van der Waals surface area contributed by atoms with Crippen LogP contribution in [-0.2, 0) is 19.4 Å². The lowest BCUT2D eigenvalue weighted by Gasteiger charge is -2.23. The van der Waals surface area contributed by atoms with Gasteiger partial charge in [0.15, 0.2) is 0 Å². The summed E-state index contributed by atoms with van der Waals surface area (Å²) in [6, 6.07) is 0. The van der Waals surface area contributed by atoms with Crippen molar-refractivity contribution in [1.82, 2.24) is 0 Å². The number of hydrogen-bond acceptors (Lipinski definition) is 4. The number of hydrogen-bond donors (Lipinski definition) is 0. The molecule has 0 amide bonds. The van der Waals surface area contributed by atoms with Crippen LogP contribution in [0.3, 0.4) is 0 Å². The minimum Gasteiger partial charge on any atom is -0.331 e. The highest BCUT2D eigenvalue weighted by Crippen LogP contribution is 1.95. The van der Waals surface area contributed by atoms with Crippen LogP contribution in [0.15, 0.2) is 0 Å². The van der Waals surface area contributed by atoms with Gasteiger partial charge >= 0.3 is 5.97 Å². The Morgan fingerprint density at radius 3 is 2.27 bits per heavy atom. The number of rotatable bonds is 7. The molecule has 5 heteroatoms. The SMILES string of the molecule is CCC(=O)C(=O)OOCCC[N+](C)(C)C. The molecule has 15 heavy (non-hydrogen) atoms. The van der Waals surface area contributed by atoms with Crippen LogP contribution in [0.5, 0.6) is 0 Å². The van der Waals surface area contributed by atoms with Crippen LogP contribution in [0.2, 0.25) is 0 Å². The van der Waals surface area contributed by atoms with E-state index >= 15 is 0 Å². The zero-order valence-corrected chi connectivity index (χ0v) is 9.91. The summed E-state index contributed by atoms with van der Waals surface area (Å²) in [6.45, 7) is 2.83. The van der Waals surface area contributed by atoms with Gasteiger partial charge in [0.25, 0.3) is 0 Å². The van der Waals surface area contributed by atoms with Crippen LogP contribution in [-0.4, -0.2) is 50.5 Å². The molecule has 0 aromatic heterocycles. The molecule has 0 aliphatic rings. The van der Waals surface area contributed by atoms with Crippen molar-refractivity contribution in [2.45, 2.75) is 19.8 Å². The van der Waals surface area contributed by atoms with Crippen molar-refractivity contribution in [2.75, 3.05) is 34.3 Å². The maximum absolute atomic E-state index is 10.8. The highest BCUT2D eigenvalue weighted by Gasteiger charge is 2.14. The second-order valence-corrected chi connectivity index (χ2v) is 4.34. The lowest BCUT2D eigenvalue weighted by molar-refractivity contribution is -0.870. The van der Waals surface area contributed by atoms with Gasteiger partial charge in [0, 0.05) is 12.8 Å². The molecule has 0 radical (unpaired) electrons. The van der Waals surface area contributed by atoms with Gasteiger partial charge in [-0.3, -0.25) is 9.68 Å². The van der Waals surface area contributed by atoms with E-state index in [0.717, 1.165) is 17.4 Å². The maximum atomic E-state index is 10.8. The topological polar surface area (TPSA) is 52.6 Å². The van der Waals surface area contributed by atoms with Crippen LogP contribution in [0.1, 0.15) is 19.8 Å². The first-order chi connectivity index (χ1) is 6.87. The van der Waals surface area contributed by atoms with Crippen molar-refractivity contribution in [3.8, 4) is 0 Å². The molecule has 0 atom stereocenters. The molecule has 0 aromatic rings. The average molecular weight is 218 g/mol. The molecule has 0 heterocycles. The Labute approximate surface area is 90.5 Å². The lowest BCUT2D eigenvalue weighted by Crippen LogP contribution is -2.35. The zero-order chi connectivity index (χ0) is 11.9. The first-order valence-corrected chi connectivity index (χ1v) is 5.04. The summed E-state index contributed by atoms with van der Waals surface area (Å²) in [7, 11) is 6.19. The minimum absolute atomic E-state index is 0.140. The summed E-state index contributed by atoms with van der Waals surface area (Å²) < 4.78 is 0.825. The van der Waals surface area contributed by atoms with Crippen LogP contribution in [0.4, 0.5) is 0 Å². The zero-order valence-electron chi connectivity index (χ0n) is 9.91. The van der Waals surface area contributed by atoms with E-state index in [-0.39, 0.29) is 6.42 Å². The number of Topliss-reactive ketones (excluding diaryl/α,β-unsaturated/α-hetero) is 1. The monoisotopic (exact) mass is 218 g/mol. The van der Waals surface area contributed by atoms with Gasteiger partial charge in [-0.25, -0.2) is 4.79 Å². The molecule has 0 bridgehead atoms. The fraction of sp³-hybridized carbons (Fsp3) is 0.800. The Balaban J connectivity index is 3.47. The molecule has 0 aliphatic heterocycles. The quantitative estimate of drug-likeness (QED) is 0.206. The molecular formula is C10H20NO4+. The second-order valence-electron chi connectivity index (χ2n) is 4.34. The number of ketones is 1. The van der Waals surface area contributed by atoms with Gasteiger partial charge in [-0.05, 0) is 0 Å². The van der Waals surface area contributed by atoms with E-state index in [0.29, 0.717) is 6.61 Å². The van der Waals surface area contributed by atoms with E-state index in [2.05, 4.69) is 30.9 Å². The summed E-state index contributed by atoms with van der Waals surface area (Å²) in [5, 5.41) is 0. The Morgan fingerprint density at radius 1 is 1.20 bits per heavy atom. The molecule has 88 valence electrons. The molecule has 0 saturated heterocycles. The van der Waals surface area contributed by atoms with Crippen molar-refractivity contribution in [2.24, 2.45) is 0 Å². The van der Waals surface area contributed by atoms with Gasteiger partial charge in [-0.15, -0.1) is 0 Å². The van der Waals surface area contributed by atoms with Crippen molar-refractivity contribution in [3.05, 3.63) is 0 Å². The van der Waals surface area contributed by atoms with Crippen molar-refractivity contribution < 1.29 is 23.8 Å². The smallest absolute Gasteiger partial charge is 0.331 e. The van der Waals surface area contributed by atoms with Crippen LogP contribution < -0.4 is 0 Å². The van der Waals surface area contributed by atoms with Crippen LogP contribution in [0, 0.1) is 0 Å². The van der Waals surface area contributed by atoms with Gasteiger partial charge in [-0.2, -0.15) is 4.89 Å². The third kappa shape index (κ3) is 8.08. The third-order valence-electron chi connectivity index (χ3n) is 1.74. The van der Waals surface area contributed by atoms with E-state index in [1.807, 2.05) is 0 Å². The Morgan fingerprint density at radius 2 is 1.80 bits per heavy atom. The van der Waals surface area contributed by atoms with E-state index in [9.17, 15) is 9.59 Å². The first-order valence-electron chi connectivity index (χ1n) is 5.04. The average Bonchev–Trinajstić information content (AvgIpc) is 2.14. The molecular weight excluding hydrogens is 198 g/mol. The summed E-state index contributed by atoms with van der Waals surface area (Å²) >= 11 is 0. The molecule has 0 rings (SSSR count). The Bertz CT molecular complexity index is 220. The summed E-state index contributed by atoms with van der Waals surface area (Å²) in [5.74, 6) is -1.48. The predicted molar refractivity (Wildman–Crippen MR) is 54.9 cm³/mol. The highest BCUT2D eigenvalue weighted by atomic mass is 17.2. The van der Waals surface area contributed by atoms with Crippen LogP contribution in [0.25, 0.3) is 0 Å². The van der Waals surface area contributed by atoms with Crippen molar-refractivity contribution in [1.29, 1.82) is 0 Å². The number of carbonyl (C=O) groups is 2. The molecule has 5 nitrogen and oxygen atoms in total. The van der Waals surface area contributed by atoms with Gasteiger partial charge in [0.1, 0.15) is 0 Å². The minimum atomic E-state index is -0.914. The van der Waals surface area contributed by atoms with E-state index < -0.39 is 11.8 Å². The van der Waals surface area contributed by atoms with Crippen molar-refractivity contribution >= 4 is 11.8 Å². The van der Waals surface area contributed by atoms with E-state index in [1.54, 1.807) is 6.92 Å². The van der Waals surface area contributed by atoms with Gasteiger partial charge in [-0.1, -0.05) is 6.92 Å². The summed E-state index contributed by atoms with van der Waals surface area (Å²) in [4.78, 5) is 30.6. The molecule has 0 unspecified atom stereocenters. The van der Waals surface area contributed by atoms with Gasteiger partial charge < -0.3 is 4.48 Å². The van der Waals surface area contributed by atoms with Crippen molar-refractivity contribution in [3.63, 3.8) is 0 Å². The largest absolute Gasteiger partial charge is 0.408 e. The predicted octanol–water partition coefficient (Wildman–Crippen LogP) is 0.537. The third-order valence-corrected chi connectivity index (χ3v) is 1.74. The van der Waals surface area contributed by atoms with Crippen LogP contribution >= 0.6 is 0 Å². The Hall–Kier alpha value is -0.940. The number of quaternary nitrogens is 1. The highest BCUT2D eigenvalue weighted by molar-refractivity contribution is 6.33. The van der Waals surface area contributed by atoms with Gasteiger partial charge in [0.2, 0.25) is 5.78 Å². The number of nitrogens with zero attached hydrogens (tertiary/aromatic N) is 1. The molecule has 0 saturated carbocycles. The molecule has 0 N–H and O–H groups in total. The fourth-order valence-electron chi connectivity index (χ4n) is 0.884. The summed E-state index contributed by atoms with van der Waals surface area (Å²) in [5.41, 5.74) is 0. The fourth-order valence-corrected chi connectivity index (χ4v) is 0.884. The normalized spacial score (nSPS) is 11.2. The van der Waals surface area contributed by atoms with E-state index in [1.165, 1.54) is 0 Å². The number of carbonyl (C=O) groups excluding carboxylic acids is 2. The first kappa shape index (κ1) is 14.1. The Kier molecular flexibility index (Phi) is 6.12. The summed E-state index contributed by atoms with van der Waals surface area (Å²) in [6.07, 6.45) is 0.915. The molecule has 0 aromatic carbocycles. The molecule has 0 aliphatic carbocycles. The van der Waals surface area contributed by atoms with Gasteiger partial charge in [0.05, 0.1) is 34.3 Å². The molecule has 0 fully saturated rings. The second kappa shape index (κ2) is 6.53. The van der Waals surface area contributed by atoms with E-state index in [4.69, 9.17) is 0 Å².